The molecule has 0 aliphatic carbocycles. The maximum atomic E-state index is 13.1. The van der Waals surface area contributed by atoms with Gasteiger partial charge in [-0.05, 0) is 30.9 Å². The molecule has 34 heavy (non-hydrogen) atoms. The molecule has 0 unspecified atom stereocenters. The van der Waals surface area contributed by atoms with Crippen molar-refractivity contribution in [3.63, 3.8) is 0 Å². The van der Waals surface area contributed by atoms with Crippen LogP contribution in [0.25, 0.3) is 0 Å². The number of benzene rings is 1. The van der Waals surface area contributed by atoms with Gasteiger partial charge in [0, 0.05) is 37.3 Å². The largest absolute Gasteiger partial charge is 0.502 e. The van der Waals surface area contributed by atoms with E-state index < -0.39 is 35.2 Å². The number of aliphatic carboxylic acids is 1. The molecule has 1 aromatic heterocycles. The molecule has 0 amide bonds. The molecule has 0 bridgehead atoms. The predicted molar refractivity (Wildman–Crippen MR) is 130 cm³/mol. The zero-order valence-electron chi connectivity index (χ0n) is 19.0. The SMILES string of the molecule is C=C/C(=C\C=C/C)CCn1cc(CC(=O)/C=C(\O)C(=O)O)c(=O)n(CCc2ccccc2)c1=O. The lowest BCUT2D eigenvalue weighted by Gasteiger charge is -2.13. The summed E-state index contributed by atoms with van der Waals surface area (Å²) in [6, 6.07) is 9.37. The minimum atomic E-state index is -1.65. The van der Waals surface area contributed by atoms with Crippen LogP contribution in [0.4, 0.5) is 0 Å². The number of hydrogen-bond acceptors (Lipinski definition) is 5. The Hall–Kier alpha value is -4.20. The number of carbonyl (C=O) groups excluding carboxylic acids is 1. The maximum Gasteiger partial charge on any atom is 0.371 e. The molecule has 0 aliphatic rings. The van der Waals surface area contributed by atoms with Gasteiger partial charge < -0.3 is 10.2 Å². The Morgan fingerprint density at radius 3 is 2.41 bits per heavy atom. The van der Waals surface area contributed by atoms with E-state index in [9.17, 15) is 24.3 Å². The molecule has 0 fully saturated rings. The number of ketones is 1. The molecule has 2 N–H and O–H groups in total. The number of carbonyl (C=O) groups is 2. The van der Waals surface area contributed by atoms with Gasteiger partial charge in [0.15, 0.2) is 5.78 Å². The second kappa shape index (κ2) is 12.7. The van der Waals surface area contributed by atoms with Gasteiger partial charge in [-0.1, -0.05) is 61.2 Å². The van der Waals surface area contributed by atoms with E-state index in [1.165, 1.54) is 10.8 Å². The second-order valence-electron chi connectivity index (χ2n) is 7.52. The highest BCUT2D eigenvalue weighted by atomic mass is 16.4. The highest BCUT2D eigenvalue weighted by Gasteiger charge is 2.15. The molecule has 0 aliphatic heterocycles. The number of nitrogens with zero attached hydrogens (tertiary/aromatic N) is 2. The number of carboxylic acid groups (broad SMARTS) is 1. The lowest BCUT2D eigenvalue weighted by molar-refractivity contribution is -0.135. The first-order chi connectivity index (χ1) is 16.3. The van der Waals surface area contributed by atoms with Crippen LogP contribution in [0.2, 0.25) is 0 Å². The fourth-order valence-corrected chi connectivity index (χ4v) is 3.25. The summed E-state index contributed by atoms with van der Waals surface area (Å²) in [5.74, 6) is -3.53. The van der Waals surface area contributed by atoms with Crippen molar-refractivity contribution in [1.82, 2.24) is 9.13 Å². The summed E-state index contributed by atoms with van der Waals surface area (Å²) in [6.45, 7) is 6.01. The molecule has 0 atom stereocenters. The van der Waals surface area contributed by atoms with E-state index in [1.54, 1.807) is 6.08 Å². The lowest BCUT2D eigenvalue weighted by Crippen LogP contribution is -2.42. The van der Waals surface area contributed by atoms with Gasteiger partial charge >= 0.3 is 11.7 Å². The standard InChI is InChI=1S/C26H28N2O6/c1-3-5-9-19(4-2)12-14-27-18-21(16-22(29)17-23(30)25(32)33)24(31)28(26(27)34)15-13-20-10-7-6-8-11-20/h3-11,17-18,30H,2,12-16H2,1H3,(H,32,33)/b5-3-,19-9+,23-17-. The zero-order valence-corrected chi connectivity index (χ0v) is 19.0. The molecule has 1 heterocycles. The van der Waals surface area contributed by atoms with Crippen LogP contribution < -0.4 is 11.2 Å². The van der Waals surface area contributed by atoms with Crippen molar-refractivity contribution in [3.05, 3.63) is 117 Å². The highest BCUT2D eigenvalue weighted by molar-refractivity contribution is 5.98. The maximum absolute atomic E-state index is 13.1. The van der Waals surface area contributed by atoms with Crippen LogP contribution in [-0.2, 0) is 35.5 Å². The number of hydrogen-bond donors (Lipinski definition) is 2. The summed E-state index contributed by atoms with van der Waals surface area (Å²) in [6.07, 6.45) is 9.60. The summed E-state index contributed by atoms with van der Waals surface area (Å²) in [5, 5.41) is 18.1. The predicted octanol–water partition coefficient (Wildman–Crippen LogP) is 2.97. The number of aromatic nitrogens is 2. The number of rotatable bonds is 12. The number of aliphatic hydroxyl groups is 1. The van der Waals surface area contributed by atoms with E-state index in [0.717, 1.165) is 15.7 Å². The van der Waals surface area contributed by atoms with Gasteiger partial charge in [0.05, 0.1) is 0 Å². The average molecular weight is 465 g/mol. The van der Waals surface area contributed by atoms with E-state index in [0.29, 0.717) is 18.9 Å². The first-order valence-corrected chi connectivity index (χ1v) is 10.7. The van der Waals surface area contributed by atoms with Crippen LogP contribution in [0, 0.1) is 0 Å². The molecule has 8 heteroatoms. The molecule has 0 saturated carbocycles. The van der Waals surface area contributed by atoms with Crippen molar-refractivity contribution in [2.45, 2.75) is 39.3 Å². The Bertz CT molecular complexity index is 1250. The number of carboxylic acids is 1. The van der Waals surface area contributed by atoms with Gasteiger partial charge in [0.1, 0.15) is 0 Å². The topological polar surface area (TPSA) is 119 Å². The van der Waals surface area contributed by atoms with E-state index in [2.05, 4.69) is 6.58 Å². The van der Waals surface area contributed by atoms with E-state index >= 15 is 0 Å². The van der Waals surface area contributed by atoms with Crippen molar-refractivity contribution >= 4 is 11.8 Å². The van der Waals surface area contributed by atoms with Crippen molar-refractivity contribution in [3.8, 4) is 0 Å². The molecule has 0 spiro atoms. The normalized spacial score (nSPS) is 12.1. The van der Waals surface area contributed by atoms with Crippen molar-refractivity contribution < 1.29 is 19.8 Å². The minimum Gasteiger partial charge on any atom is -0.502 e. The Balaban J connectivity index is 2.44. The summed E-state index contributed by atoms with van der Waals surface area (Å²) < 4.78 is 2.45. The molecule has 2 aromatic rings. The van der Waals surface area contributed by atoms with Crippen molar-refractivity contribution in [2.24, 2.45) is 0 Å². The monoisotopic (exact) mass is 464 g/mol. The van der Waals surface area contributed by atoms with E-state index in [1.807, 2.05) is 55.5 Å². The smallest absolute Gasteiger partial charge is 0.371 e. The van der Waals surface area contributed by atoms with Crippen LogP contribution >= 0.6 is 0 Å². The number of aryl methyl sites for hydroxylation is 2. The fraction of sp³-hybridized carbons (Fsp3) is 0.231. The molecular weight excluding hydrogens is 436 g/mol. The molecule has 2 rings (SSSR count). The molecular formula is C26H28N2O6. The minimum absolute atomic E-state index is 0.0321. The van der Waals surface area contributed by atoms with Crippen molar-refractivity contribution in [2.75, 3.05) is 0 Å². The van der Waals surface area contributed by atoms with Crippen LogP contribution in [-0.4, -0.2) is 31.1 Å². The fourth-order valence-electron chi connectivity index (χ4n) is 3.25. The van der Waals surface area contributed by atoms with Crippen LogP contribution in [0.15, 0.2) is 94.4 Å². The third-order valence-corrected chi connectivity index (χ3v) is 5.06. The van der Waals surface area contributed by atoms with E-state index in [4.69, 9.17) is 5.11 Å². The second-order valence-corrected chi connectivity index (χ2v) is 7.52. The van der Waals surface area contributed by atoms with Gasteiger partial charge in [-0.25, -0.2) is 9.59 Å². The Labute approximate surface area is 197 Å². The first-order valence-electron chi connectivity index (χ1n) is 10.7. The summed E-state index contributed by atoms with van der Waals surface area (Å²) in [5.41, 5.74) is 0.737. The van der Waals surface area contributed by atoms with Crippen LogP contribution in [0.1, 0.15) is 24.5 Å². The molecule has 0 radical (unpaired) electrons. The van der Waals surface area contributed by atoms with Gasteiger partial charge in [-0.2, -0.15) is 0 Å². The van der Waals surface area contributed by atoms with Gasteiger partial charge in [0.25, 0.3) is 5.56 Å². The Kier molecular flexibility index (Phi) is 9.76. The Morgan fingerprint density at radius 2 is 1.79 bits per heavy atom. The number of allylic oxidation sites excluding steroid dienone is 6. The zero-order chi connectivity index (χ0) is 25.1. The summed E-state index contributed by atoms with van der Waals surface area (Å²) in [4.78, 5) is 49.1. The molecule has 178 valence electrons. The summed E-state index contributed by atoms with van der Waals surface area (Å²) in [7, 11) is 0. The Morgan fingerprint density at radius 1 is 1.09 bits per heavy atom. The molecule has 1 aromatic carbocycles. The third-order valence-electron chi connectivity index (χ3n) is 5.06. The summed E-state index contributed by atoms with van der Waals surface area (Å²) >= 11 is 0. The lowest BCUT2D eigenvalue weighted by atomic mass is 10.1. The highest BCUT2D eigenvalue weighted by Crippen LogP contribution is 2.06. The average Bonchev–Trinajstić information content (AvgIpc) is 2.82. The van der Waals surface area contributed by atoms with Gasteiger partial charge in [-0.3, -0.25) is 18.7 Å². The van der Waals surface area contributed by atoms with Crippen molar-refractivity contribution in [1.29, 1.82) is 0 Å². The molecule has 8 nitrogen and oxygen atoms in total. The third kappa shape index (κ3) is 7.44. The van der Waals surface area contributed by atoms with E-state index in [-0.39, 0.29) is 18.7 Å². The van der Waals surface area contributed by atoms with Gasteiger partial charge in [-0.15, -0.1) is 0 Å². The van der Waals surface area contributed by atoms with Crippen LogP contribution in [0.5, 0.6) is 0 Å². The van der Waals surface area contributed by atoms with Gasteiger partial charge in [0.2, 0.25) is 5.76 Å². The quantitative estimate of drug-likeness (QED) is 0.283. The first kappa shape index (κ1) is 26.1. The molecule has 0 saturated heterocycles. The van der Waals surface area contributed by atoms with Crippen LogP contribution in [0.3, 0.4) is 0 Å². The number of aliphatic hydroxyl groups excluding tert-OH is 1.